The number of ether oxygens (including phenoxy) is 2. The van der Waals surface area contributed by atoms with Crippen molar-refractivity contribution in [2.24, 2.45) is 4.99 Å². The normalized spacial score (nSPS) is 12.1. The Morgan fingerprint density at radius 2 is 1.40 bits per heavy atom. The number of rotatable bonds is 5. The molecule has 0 unspecified atom stereocenters. The Bertz CT molecular complexity index is 1190. The van der Waals surface area contributed by atoms with Crippen LogP contribution in [0.2, 0.25) is 0 Å². The molecule has 0 aliphatic heterocycles. The molecule has 3 heteroatoms. The predicted octanol–water partition coefficient (Wildman–Crippen LogP) is 7.24. The highest BCUT2D eigenvalue weighted by Gasteiger charge is 2.09. The van der Waals surface area contributed by atoms with Crippen LogP contribution < -0.4 is 9.47 Å². The first-order chi connectivity index (χ1) is 14.7. The molecule has 4 aromatic rings. The molecule has 0 fully saturated rings. The van der Waals surface area contributed by atoms with Crippen molar-refractivity contribution in [1.82, 2.24) is 0 Å². The Balaban J connectivity index is 1.63. The Kier molecular flexibility index (Phi) is 5.90. The van der Waals surface area contributed by atoms with Crippen molar-refractivity contribution in [3.8, 4) is 11.5 Å². The summed E-state index contributed by atoms with van der Waals surface area (Å²) in [7, 11) is 0. The number of benzene rings is 4. The summed E-state index contributed by atoms with van der Waals surface area (Å²) >= 11 is 0. The average molecular weight is 393 g/mol. The topological polar surface area (TPSA) is 30.8 Å². The molecule has 0 N–H and O–H groups in total. The van der Waals surface area contributed by atoms with Gasteiger partial charge in [-0.3, -0.25) is 0 Å². The van der Waals surface area contributed by atoms with E-state index in [2.05, 4.69) is 12.1 Å². The Hall–Kier alpha value is -3.85. The van der Waals surface area contributed by atoms with E-state index in [-0.39, 0.29) is 0 Å². The maximum atomic E-state index is 6.20. The third-order valence-electron chi connectivity index (χ3n) is 4.65. The average Bonchev–Trinajstić information content (AvgIpc) is 2.78. The first kappa shape index (κ1) is 19.5. The fraction of sp³-hybridized carbons (Fsp3) is 0.0741. The van der Waals surface area contributed by atoms with Crippen molar-refractivity contribution in [3.63, 3.8) is 0 Å². The summed E-state index contributed by atoms with van der Waals surface area (Å²) in [5.74, 6) is 1.99. The van der Waals surface area contributed by atoms with Gasteiger partial charge in [-0.15, -0.1) is 0 Å². The zero-order valence-electron chi connectivity index (χ0n) is 17.1. The highest BCUT2D eigenvalue weighted by Crippen LogP contribution is 2.23. The summed E-state index contributed by atoms with van der Waals surface area (Å²) in [6.45, 7) is 3.98. The molecular weight excluding hydrogens is 370 g/mol. The molecule has 0 atom stereocenters. The van der Waals surface area contributed by atoms with Gasteiger partial charge in [0.25, 0.3) is 0 Å². The minimum atomic E-state index is 0.489. The lowest BCUT2D eigenvalue weighted by Gasteiger charge is -2.11. The van der Waals surface area contributed by atoms with E-state index in [1.165, 1.54) is 10.9 Å². The van der Waals surface area contributed by atoms with Gasteiger partial charge in [-0.05, 0) is 61.0 Å². The fourth-order valence-corrected chi connectivity index (χ4v) is 2.98. The molecule has 0 heterocycles. The van der Waals surface area contributed by atoms with Gasteiger partial charge in [0.2, 0.25) is 5.90 Å². The smallest absolute Gasteiger partial charge is 0.225 e. The number of fused-ring (bicyclic) bond motifs is 1. The van der Waals surface area contributed by atoms with Gasteiger partial charge in [-0.25, -0.2) is 4.99 Å². The highest BCUT2D eigenvalue weighted by molar-refractivity contribution is 5.96. The number of hydrogen-bond acceptors (Lipinski definition) is 3. The molecule has 0 saturated carbocycles. The van der Waals surface area contributed by atoms with E-state index in [1.54, 1.807) is 6.26 Å². The summed E-state index contributed by atoms with van der Waals surface area (Å²) in [6.07, 6.45) is 1.67. The van der Waals surface area contributed by atoms with Gasteiger partial charge >= 0.3 is 0 Å². The van der Waals surface area contributed by atoms with Crippen LogP contribution in [0.15, 0.2) is 114 Å². The first-order valence-electron chi connectivity index (χ1n) is 9.88. The molecule has 0 aliphatic rings. The van der Waals surface area contributed by atoms with Crippen LogP contribution in [-0.2, 0) is 0 Å². The lowest BCUT2D eigenvalue weighted by molar-refractivity contribution is 0.473. The lowest BCUT2D eigenvalue weighted by Crippen LogP contribution is -2.11. The van der Waals surface area contributed by atoms with Gasteiger partial charge < -0.3 is 9.47 Å². The Morgan fingerprint density at radius 1 is 0.733 bits per heavy atom. The molecular formula is C27H23NO2. The largest absolute Gasteiger partial charge is 0.465 e. The van der Waals surface area contributed by atoms with Gasteiger partial charge in [-0.2, -0.15) is 0 Å². The van der Waals surface area contributed by atoms with Crippen LogP contribution in [0, 0.1) is 6.92 Å². The van der Waals surface area contributed by atoms with Crippen LogP contribution in [0.3, 0.4) is 0 Å². The standard InChI is InChI=1S/C27H23NO2/c1-20-12-15-25(16-13-20)29-19-21(2)27(28-24-10-4-3-5-11-24)30-26-17-14-22-8-6-7-9-23(22)18-26/h3-19H,1-2H3/b21-19+,28-27-. The minimum absolute atomic E-state index is 0.489. The van der Waals surface area contributed by atoms with Gasteiger partial charge in [0.15, 0.2) is 0 Å². The summed E-state index contributed by atoms with van der Waals surface area (Å²) in [5, 5.41) is 2.29. The quantitative estimate of drug-likeness (QED) is 0.203. The molecule has 0 amide bonds. The number of aryl methyl sites for hydroxylation is 1. The third-order valence-corrected chi connectivity index (χ3v) is 4.65. The van der Waals surface area contributed by atoms with E-state index in [4.69, 9.17) is 14.5 Å². The van der Waals surface area contributed by atoms with Gasteiger partial charge in [0, 0.05) is 5.57 Å². The van der Waals surface area contributed by atoms with Crippen LogP contribution in [-0.4, -0.2) is 5.90 Å². The maximum Gasteiger partial charge on any atom is 0.225 e. The zero-order chi connectivity index (χ0) is 20.8. The molecule has 4 aromatic carbocycles. The molecule has 148 valence electrons. The van der Waals surface area contributed by atoms with E-state index >= 15 is 0 Å². The van der Waals surface area contributed by atoms with E-state index in [0.717, 1.165) is 28.1 Å². The summed E-state index contributed by atoms with van der Waals surface area (Å²) in [5.41, 5.74) is 2.79. The van der Waals surface area contributed by atoms with E-state index in [1.807, 2.05) is 98.8 Å². The van der Waals surface area contributed by atoms with Crippen LogP contribution >= 0.6 is 0 Å². The summed E-state index contributed by atoms with van der Waals surface area (Å²) < 4.78 is 12.0. The van der Waals surface area contributed by atoms with Crippen molar-refractivity contribution in [3.05, 3.63) is 114 Å². The van der Waals surface area contributed by atoms with Crippen molar-refractivity contribution < 1.29 is 9.47 Å². The van der Waals surface area contributed by atoms with Crippen LogP contribution in [0.1, 0.15) is 12.5 Å². The van der Waals surface area contributed by atoms with Gasteiger partial charge in [0.1, 0.15) is 11.5 Å². The van der Waals surface area contributed by atoms with Crippen molar-refractivity contribution >= 4 is 22.4 Å². The summed E-state index contributed by atoms with van der Waals surface area (Å²) in [6, 6.07) is 31.9. The molecule has 0 aromatic heterocycles. The molecule has 0 spiro atoms. The van der Waals surface area contributed by atoms with Crippen molar-refractivity contribution in [1.29, 1.82) is 0 Å². The highest BCUT2D eigenvalue weighted by atomic mass is 16.5. The number of aliphatic imine (C=N–C) groups is 1. The fourth-order valence-electron chi connectivity index (χ4n) is 2.98. The second-order valence-corrected chi connectivity index (χ2v) is 7.10. The van der Waals surface area contributed by atoms with Crippen LogP contribution in [0.4, 0.5) is 5.69 Å². The van der Waals surface area contributed by atoms with Crippen LogP contribution in [0.25, 0.3) is 10.8 Å². The number of nitrogens with zero attached hydrogens (tertiary/aromatic N) is 1. The lowest BCUT2D eigenvalue weighted by atomic mass is 10.1. The third kappa shape index (κ3) is 4.95. The van der Waals surface area contributed by atoms with E-state index < -0.39 is 0 Å². The van der Waals surface area contributed by atoms with E-state index in [0.29, 0.717) is 5.90 Å². The SMILES string of the molecule is CC(=C\Oc1ccc(C)cc1)/C(=N/c1ccccc1)Oc1ccc2ccccc2c1. The molecule has 30 heavy (non-hydrogen) atoms. The van der Waals surface area contributed by atoms with E-state index in [9.17, 15) is 0 Å². The van der Waals surface area contributed by atoms with Crippen LogP contribution in [0.5, 0.6) is 11.5 Å². The second kappa shape index (κ2) is 9.10. The summed E-state index contributed by atoms with van der Waals surface area (Å²) in [4.78, 5) is 4.71. The van der Waals surface area contributed by atoms with Crippen molar-refractivity contribution in [2.45, 2.75) is 13.8 Å². The van der Waals surface area contributed by atoms with Gasteiger partial charge in [-0.1, -0.05) is 66.2 Å². The molecule has 3 nitrogen and oxygen atoms in total. The maximum absolute atomic E-state index is 6.20. The minimum Gasteiger partial charge on any atom is -0.465 e. The number of para-hydroxylation sites is 1. The van der Waals surface area contributed by atoms with Crippen molar-refractivity contribution in [2.75, 3.05) is 0 Å². The molecule has 0 radical (unpaired) electrons. The monoisotopic (exact) mass is 393 g/mol. The molecule has 4 rings (SSSR count). The Morgan fingerprint density at radius 3 is 2.17 bits per heavy atom. The molecule has 0 bridgehead atoms. The molecule has 0 aliphatic carbocycles. The van der Waals surface area contributed by atoms with Gasteiger partial charge in [0.05, 0.1) is 11.9 Å². The Labute approximate surface area is 176 Å². The zero-order valence-corrected chi connectivity index (χ0v) is 17.1. The molecule has 0 saturated heterocycles. The first-order valence-corrected chi connectivity index (χ1v) is 9.88. The number of hydrogen-bond donors (Lipinski definition) is 0. The predicted molar refractivity (Wildman–Crippen MR) is 124 cm³/mol. The second-order valence-electron chi connectivity index (χ2n) is 7.10.